The molecule has 37 heavy (non-hydrogen) atoms. The molecule has 0 radical (unpaired) electrons. The summed E-state index contributed by atoms with van der Waals surface area (Å²) in [4.78, 5) is 0. The van der Waals surface area contributed by atoms with Gasteiger partial charge in [0.2, 0.25) is 0 Å². The van der Waals surface area contributed by atoms with Crippen molar-refractivity contribution in [2.24, 2.45) is 5.92 Å². The van der Waals surface area contributed by atoms with Gasteiger partial charge in [-0.15, -0.1) is 0 Å². The van der Waals surface area contributed by atoms with Crippen molar-refractivity contribution >= 4 is 0 Å². The summed E-state index contributed by atoms with van der Waals surface area (Å²) in [5.41, 5.74) is 1.54. The van der Waals surface area contributed by atoms with Crippen molar-refractivity contribution in [3.05, 3.63) is 30.1 Å². The zero-order valence-corrected chi connectivity index (χ0v) is 25.9. The molecule has 1 heterocycles. The van der Waals surface area contributed by atoms with E-state index in [9.17, 15) is 0 Å². The third-order valence-electron chi connectivity index (χ3n) is 8.45. The molecule has 0 amide bonds. The van der Waals surface area contributed by atoms with Crippen LogP contribution in [-0.2, 0) is 13.0 Å². The Labute approximate surface area is 234 Å². The predicted molar refractivity (Wildman–Crippen MR) is 166 cm³/mol. The molecule has 1 aromatic heterocycles. The lowest BCUT2D eigenvalue weighted by Crippen LogP contribution is -2.33. The molecule has 0 aliphatic heterocycles. The molecule has 1 heteroatoms. The van der Waals surface area contributed by atoms with Crippen LogP contribution in [0.1, 0.15) is 187 Å². The highest BCUT2D eigenvalue weighted by Crippen LogP contribution is 2.23. The normalized spacial score (nSPS) is 11.6. The van der Waals surface area contributed by atoms with E-state index in [1.807, 2.05) is 0 Å². The number of hydrogen-bond acceptors (Lipinski definition) is 0. The van der Waals surface area contributed by atoms with Crippen LogP contribution in [0.4, 0.5) is 0 Å². The van der Waals surface area contributed by atoms with E-state index in [1.165, 1.54) is 173 Å². The molecule has 0 saturated heterocycles. The van der Waals surface area contributed by atoms with E-state index in [4.69, 9.17) is 0 Å². The molecule has 0 N–H and O–H groups in total. The Morgan fingerprint density at radius 2 is 0.946 bits per heavy atom. The Kier molecular flexibility index (Phi) is 24.7. The van der Waals surface area contributed by atoms with Crippen LogP contribution < -0.4 is 4.57 Å². The lowest BCUT2D eigenvalue weighted by molar-refractivity contribution is -0.697. The molecule has 1 aromatic rings. The zero-order chi connectivity index (χ0) is 26.7. The third-order valence-corrected chi connectivity index (χ3v) is 8.45. The number of aryl methyl sites for hydroxylation is 2. The van der Waals surface area contributed by atoms with Gasteiger partial charge in [0, 0.05) is 18.1 Å². The molecule has 0 spiro atoms. The number of pyridine rings is 1. The minimum Gasteiger partial charge on any atom is -0.205 e. The fraction of sp³-hybridized carbons (Fsp3) is 0.861. The van der Waals surface area contributed by atoms with Crippen LogP contribution in [0.15, 0.2) is 24.5 Å². The summed E-state index contributed by atoms with van der Waals surface area (Å²) < 4.78 is 2.48. The minimum atomic E-state index is 0.961. The number of unbranched alkanes of at least 4 members (excludes halogenated alkanes) is 18. The first-order valence-electron chi connectivity index (χ1n) is 17.3. The summed E-state index contributed by atoms with van der Waals surface area (Å²) in [6, 6.07) is 4.63. The molecule has 0 atom stereocenters. The zero-order valence-electron chi connectivity index (χ0n) is 25.9. The maximum Gasteiger partial charge on any atom is 0.171 e. The van der Waals surface area contributed by atoms with Gasteiger partial charge in [-0.25, -0.2) is 4.57 Å². The summed E-state index contributed by atoms with van der Waals surface area (Å²) in [7, 11) is 0. The highest BCUT2D eigenvalue weighted by atomic mass is 14.9. The quantitative estimate of drug-likeness (QED) is 0.0773. The Bertz CT molecular complexity index is 562. The monoisotopic (exact) mass is 515 g/mol. The van der Waals surface area contributed by atoms with Gasteiger partial charge in [0.15, 0.2) is 12.4 Å². The molecule has 0 unspecified atom stereocenters. The van der Waals surface area contributed by atoms with Gasteiger partial charge in [0.1, 0.15) is 6.54 Å². The summed E-state index contributed by atoms with van der Waals surface area (Å²) in [6.07, 6.45) is 41.7. The van der Waals surface area contributed by atoms with E-state index >= 15 is 0 Å². The lowest BCUT2D eigenvalue weighted by atomic mass is 9.90. The van der Waals surface area contributed by atoms with Crippen molar-refractivity contribution in [1.29, 1.82) is 0 Å². The van der Waals surface area contributed by atoms with Crippen LogP contribution in [0.2, 0.25) is 0 Å². The minimum absolute atomic E-state index is 0.961. The SMILES string of the molecule is CCCCCCCCCc1ccc[n+](CCCC(CCCCCCCCC)CCCCCCCCC)c1. The molecule has 0 fully saturated rings. The van der Waals surface area contributed by atoms with Gasteiger partial charge in [0.25, 0.3) is 0 Å². The van der Waals surface area contributed by atoms with Crippen molar-refractivity contribution in [3.8, 4) is 0 Å². The topological polar surface area (TPSA) is 3.88 Å². The van der Waals surface area contributed by atoms with Gasteiger partial charge in [-0.3, -0.25) is 0 Å². The molecular formula is C36H68N+. The van der Waals surface area contributed by atoms with Gasteiger partial charge in [-0.2, -0.15) is 0 Å². The second-order valence-corrected chi connectivity index (χ2v) is 12.1. The van der Waals surface area contributed by atoms with Crippen molar-refractivity contribution in [1.82, 2.24) is 0 Å². The second-order valence-electron chi connectivity index (χ2n) is 12.1. The first kappa shape index (κ1) is 34.2. The molecule has 0 aromatic carbocycles. The van der Waals surface area contributed by atoms with Crippen LogP contribution in [0.25, 0.3) is 0 Å². The fourth-order valence-electron chi connectivity index (χ4n) is 5.93. The van der Waals surface area contributed by atoms with Crippen LogP contribution in [-0.4, -0.2) is 0 Å². The first-order valence-corrected chi connectivity index (χ1v) is 17.3. The van der Waals surface area contributed by atoms with Crippen LogP contribution in [0.5, 0.6) is 0 Å². The van der Waals surface area contributed by atoms with Gasteiger partial charge < -0.3 is 0 Å². The van der Waals surface area contributed by atoms with E-state index in [0.717, 1.165) is 5.92 Å². The van der Waals surface area contributed by atoms with Crippen LogP contribution in [0.3, 0.4) is 0 Å². The first-order chi connectivity index (χ1) is 18.3. The third kappa shape index (κ3) is 21.7. The summed E-state index contributed by atoms with van der Waals surface area (Å²) in [5.74, 6) is 0.961. The van der Waals surface area contributed by atoms with Crippen LogP contribution in [0, 0.1) is 5.92 Å². The number of hydrogen-bond donors (Lipinski definition) is 0. The Morgan fingerprint density at radius 3 is 1.46 bits per heavy atom. The predicted octanol–water partition coefficient (Wildman–Crippen LogP) is 11.9. The number of nitrogens with zero attached hydrogens (tertiary/aromatic N) is 1. The van der Waals surface area contributed by atoms with Gasteiger partial charge in [0.05, 0.1) is 0 Å². The van der Waals surface area contributed by atoms with E-state index in [0.29, 0.717) is 0 Å². The molecule has 0 aliphatic rings. The molecule has 216 valence electrons. The average Bonchev–Trinajstić information content (AvgIpc) is 2.91. The van der Waals surface area contributed by atoms with Crippen molar-refractivity contribution in [3.63, 3.8) is 0 Å². The van der Waals surface area contributed by atoms with E-state index in [2.05, 4.69) is 49.9 Å². The van der Waals surface area contributed by atoms with Gasteiger partial charge in [-0.1, -0.05) is 162 Å². The van der Waals surface area contributed by atoms with Crippen molar-refractivity contribution < 1.29 is 4.57 Å². The van der Waals surface area contributed by atoms with Crippen LogP contribution >= 0.6 is 0 Å². The van der Waals surface area contributed by atoms with Crippen molar-refractivity contribution in [2.45, 2.75) is 194 Å². The summed E-state index contributed by atoms with van der Waals surface area (Å²) in [6.45, 7) is 8.14. The summed E-state index contributed by atoms with van der Waals surface area (Å²) in [5, 5.41) is 0. The number of aromatic nitrogens is 1. The highest BCUT2D eigenvalue weighted by Gasteiger charge is 2.11. The molecule has 1 nitrogen and oxygen atoms in total. The van der Waals surface area contributed by atoms with E-state index in [1.54, 1.807) is 5.56 Å². The second kappa shape index (κ2) is 26.7. The molecular weight excluding hydrogens is 446 g/mol. The standard InChI is InChI=1S/C36H68N/c1-4-7-10-13-16-19-22-27-35(28-23-20-17-14-11-8-5-2)30-25-32-37-33-26-31-36(34-37)29-24-21-18-15-12-9-6-3/h26,31,33-35H,4-25,27-30,32H2,1-3H3/q+1. The van der Waals surface area contributed by atoms with Gasteiger partial charge in [-0.05, 0) is 31.2 Å². The average molecular weight is 515 g/mol. The highest BCUT2D eigenvalue weighted by molar-refractivity contribution is 5.05. The molecule has 0 bridgehead atoms. The smallest absolute Gasteiger partial charge is 0.171 e. The maximum absolute atomic E-state index is 2.48. The number of rotatable bonds is 28. The largest absolute Gasteiger partial charge is 0.205 e. The fourth-order valence-corrected chi connectivity index (χ4v) is 5.93. The Balaban J connectivity index is 2.31. The Hall–Kier alpha value is -0.850. The summed E-state index contributed by atoms with van der Waals surface area (Å²) >= 11 is 0. The maximum atomic E-state index is 2.48. The Morgan fingerprint density at radius 1 is 0.514 bits per heavy atom. The van der Waals surface area contributed by atoms with Gasteiger partial charge >= 0.3 is 0 Å². The lowest BCUT2D eigenvalue weighted by Gasteiger charge is -2.16. The molecule has 0 saturated carbocycles. The van der Waals surface area contributed by atoms with E-state index in [-0.39, 0.29) is 0 Å². The van der Waals surface area contributed by atoms with Crippen molar-refractivity contribution in [2.75, 3.05) is 0 Å². The van der Waals surface area contributed by atoms with E-state index < -0.39 is 0 Å². The molecule has 0 aliphatic carbocycles. The molecule has 1 rings (SSSR count).